The van der Waals surface area contributed by atoms with Crippen LogP contribution in [0.1, 0.15) is 27.7 Å². The van der Waals surface area contributed by atoms with Crippen LogP contribution in [0.2, 0.25) is 0 Å². The summed E-state index contributed by atoms with van der Waals surface area (Å²) in [5.74, 6) is 0.356. The molecule has 4 nitrogen and oxygen atoms in total. The first-order valence-electron chi connectivity index (χ1n) is 6.03. The Kier molecular flexibility index (Phi) is 4.98. The Labute approximate surface area is 122 Å². The van der Waals surface area contributed by atoms with Crippen LogP contribution >= 0.6 is 15.9 Å². The van der Waals surface area contributed by atoms with Crippen molar-refractivity contribution in [1.29, 1.82) is 0 Å². The zero-order valence-electron chi connectivity index (χ0n) is 11.7. The van der Waals surface area contributed by atoms with Crippen LogP contribution < -0.4 is 10.1 Å². The third-order valence-corrected chi connectivity index (χ3v) is 3.69. The highest BCUT2D eigenvalue weighted by Crippen LogP contribution is 2.20. The lowest BCUT2D eigenvalue weighted by Crippen LogP contribution is -2.58. The largest absolute Gasteiger partial charge is 0.484 e. The van der Waals surface area contributed by atoms with Gasteiger partial charge in [0.2, 0.25) is 0 Å². The zero-order chi connectivity index (χ0) is 14.7. The minimum atomic E-state index is -1.01. The van der Waals surface area contributed by atoms with E-state index < -0.39 is 11.1 Å². The molecule has 0 unspecified atom stereocenters. The second-order valence-corrected chi connectivity index (χ2v) is 6.39. The minimum Gasteiger partial charge on any atom is -0.484 e. The van der Waals surface area contributed by atoms with Gasteiger partial charge in [-0.2, -0.15) is 0 Å². The van der Waals surface area contributed by atoms with Crippen molar-refractivity contribution in [1.82, 2.24) is 5.32 Å². The Morgan fingerprint density at radius 1 is 1.26 bits per heavy atom. The topological polar surface area (TPSA) is 58.6 Å². The van der Waals surface area contributed by atoms with E-state index in [0.29, 0.717) is 5.75 Å². The van der Waals surface area contributed by atoms with E-state index in [4.69, 9.17) is 4.74 Å². The van der Waals surface area contributed by atoms with Crippen molar-refractivity contribution >= 4 is 21.8 Å². The molecule has 0 fully saturated rings. The maximum Gasteiger partial charge on any atom is 0.258 e. The highest BCUT2D eigenvalue weighted by molar-refractivity contribution is 9.10. The summed E-state index contributed by atoms with van der Waals surface area (Å²) >= 11 is 3.32. The molecule has 1 aromatic carbocycles. The van der Waals surface area contributed by atoms with Crippen molar-refractivity contribution in [3.05, 3.63) is 28.7 Å². The molecule has 0 heterocycles. The Bertz CT molecular complexity index is 435. The number of nitrogens with one attached hydrogen (secondary N) is 1. The van der Waals surface area contributed by atoms with Crippen molar-refractivity contribution in [2.75, 3.05) is 6.61 Å². The number of hydrogen-bond donors (Lipinski definition) is 2. The van der Waals surface area contributed by atoms with Gasteiger partial charge in [0.25, 0.3) is 5.91 Å². The fourth-order valence-corrected chi connectivity index (χ4v) is 1.48. The lowest BCUT2D eigenvalue weighted by molar-refractivity contribution is -0.128. The summed E-state index contributed by atoms with van der Waals surface area (Å²) in [5.41, 5.74) is -1.74. The minimum absolute atomic E-state index is 0.0822. The summed E-state index contributed by atoms with van der Waals surface area (Å²) in [6.07, 6.45) is 0. The van der Waals surface area contributed by atoms with E-state index in [0.717, 1.165) is 4.47 Å². The fourth-order valence-electron chi connectivity index (χ4n) is 1.22. The van der Waals surface area contributed by atoms with Crippen molar-refractivity contribution < 1.29 is 14.6 Å². The smallest absolute Gasteiger partial charge is 0.258 e. The molecule has 0 aliphatic carbocycles. The molecule has 0 spiro atoms. The lowest BCUT2D eigenvalue weighted by atomic mass is 9.86. The van der Waals surface area contributed by atoms with Crippen molar-refractivity contribution in [2.24, 2.45) is 0 Å². The van der Waals surface area contributed by atoms with Crippen molar-refractivity contribution in [2.45, 2.75) is 38.8 Å². The van der Waals surface area contributed by atoms with Gasteiger partial charge < -0.3 is 15.2 Å². The maximum atomic E-state index is 11.8. The van der Waals surface area contributed by atoms with Crippen LogP contribution in [0.4, 0.5) is 0 Å². The monoisotopic (exact) mass is 329 g/mol. The molecule has 0 atom stereocenters. The zero-order valence-corrected chi connectivity index (χ0v) is 13.2. The van der Waals surface area contributed by atoms with Gasteiger partial charge in [-0.3, -0.25) is 4.79 Å². The number of amides is 1. The van der Waals surface area contributed by atoms with E-state index in [1.54, 1.807) is 39.8 Å². The Balaban J connectivity index is 2.51. The van der Waals surface area contributed by atoms with E-state index in [9.17, 15) is 9.90 Å². The standard InChI is InChI=1S/C14H20BrNO3/c1-13(2,14(3,4)18)16-12(17)9-19-11-7-5-10(15)6-8-11/h5-8,18H,9H2,1-4H3,(H,16,17). The summed E-state index contributed by atoms with van der Waals surface area (Å²) in [4.78, 5) is 11.8. The molecule has 0 saturated carbocycles. The predicted octanol–water partition coefficient (Wildman–Crippen LogP) is 2.49. The van der Waals surface area contributed by atoms with E-state index in [2.05, 4.69) is 21.2 Å². The van der Waals surface area contributed by atoms with Gasteiger partial charge in [0, 0.05) is 4.47 Å². The quantitative estimate of drug-likeness (QED) is 0.872. The van der Waals surface area contributed by atoms with Crippen LogP contribution in [0.5, 0.6) is 5.75 Å². The highest BCUT2D eigenvalue weighted by atomic mass is 79.9. The van der Waals surface area contributed by atoms with Crippen LogP contribution in [-0.4, -0.2) is 28.8 Å². The summed E-state index contributed by atoms with van der Waals surface area (Å²) in [6.45, 7) is 6.77. The van der Waals surface area contributed by atoms with Crippen LogP contribution in [0, 0.1) is 0 Å². The molecule has 1 aromatic rings. The van der Waals surface area contributed by atoms with Crippen molar-refractivity contribution in [3.8, 4) is 5.75 Å². The number of halogens is 1. The number of benzene rings is 1. The Morgan fingerprint density at radius 3 is 2.26 bits per heavy atom. The SMILES string of the molecule is CC(C)(O)C(C)(C)NC(=O)COc1ccc(Br)cc1. The first-order chi connectivity index (χ1) is 8.62. The first-order valence-corrected chi connectivity index (χ1v) is 6.83. The number of carbonyl (C=O) groups excluding carboxylic acids is 1. The van der Waals surface area contributed by atoms with E-state index in [-0.39, 0.29) is 12.5 Å². The lowest BCUT2D eigenvalue weighted by Gasteiger charge is -2.37. The molecule has 0 bridgehead atoms. The predicted molar refractivity (Wildman–Crippen MR) is 78.2 cm³/mol. The summed E-state index contributed by atoms with van der Waals surface area (Å²) in [7, 11) is 0. The summed E-state index contributed by atoms with van der Waals surface area (Å²) < 4.78 is 6.32. The number of hydrogen-bond acceptors (Lipinski definition) is 3. The average molecular weight is 330 g/mol. The normalized spacial score (nSPS) is 12.1. The maximum absolute atomic E-state index is 11.8. The molecule has 0 aromatic heterocycles. The second kappa shape index (κ2) is 5.92. The summed E-state index contributed by atoms with van der Waals surface area (Å²) in [5, 5.41) is 12.7. The Hall–Kier alpha value is -1.07. The number of carbonyl (C=O) groups is 1. The summed E-state index contributed by atoms with van der Waals surface area (Å²) in [6, 6.07) is 7.24. The molecule has 106 valence electrons. The Morgan fingerprint density at radius 2 is 1.79 bits per heavy atom. The molecule has 0 saturated heterocycles. The van der Waals surface area contributed by atoms with Gasteiger partial charge in [0.1, 0.15) is 5.75 Å². The van der Waals surface area contributed by atoms with Crippen LogP contribution in [0.25, 0.3) is 0 Å². The molecule has 0 aliphatic rings. The van der Waals surface area contributed by atoms with E-state index in [1.165, 1.54) is 0 Å². The molecule has 0 radical (unpaired) electrons. The van der Waals surface area contributed by atoms with Gasteiger partial charge in [-0.1, -0.05) is 15.9 Å². The van der Waals surface area contributed by atoms with Crippen LogP contribution in [0.15, 0.2) is 28.7 Å². The van der Waals surface area contributed by atoms with Gasteiger partial charge in [0.05, 0.1) is 11.1 Å². The van der Waals surface area contributed by atoms with Crippen LogP contribution in [-0.2, 0) is 4.79 Å². The molecular formula is C14H20BrNO3. The molecule has 0 aliphatic heterocycles. The fraction of sp³-hybridized carbons (Fsp3) is 0.500. The van der Waals surface area contributed by atoms with Gasteiger partial charge >= 0.3 is 0 Å². The third-order valence-electron chi connectivity index (χ3n) is 3.16. The molecule has 5 heteroatoms. The van der Waals surface area contributed by atoms with Gasteiger partial charge in [0.15, 0.2) is 6.61 Å². The highest BCUT2D eigenvalue weighted by Gasteiger charge is 2.36. The van der Waals surface area contributed by atoms with Crippen molar-refractivity contribution in [3.63, 3.8) is 0 Å². The molecule has 1 amide bonds. The molecular weight excluding hydrogens is 310 g/mol. The third kappa shape index (κ3) is 4.84. The number of ether oxygens (including phenoxy) is 1. The van der Waals surface area contributed by atoms with E-state index in [1.807, 2.05) is 12.1 Å². The number of aliphatic hydroxyl groups is 1. The number of rotatable bonds is 5. The first kappa shape index (κ1) is 16.0. The van der Waals surface area contributed by atoms with Gasteiger partial charge in [-0.15, -0.1) is 0 Å². The van der Waals surface area contributed by atoms with Crippen LogP contribution in [0.3, 0.4) is 0 Å². The molecule has 19 heavy (non-hydrogen) atoms. The molecule has 1 rings (SSSR count). The average Bonchev–Trinajstić information content (AvgIpc) is 2.26. The van der Waals surface area contributed by atoms with Gasteiger partial charge in [-0.25, -0.2) is 0 Å². The van der Waals surface area contributed by atoms with Gasteiger partial charge in [-0.05, 0) is 52.0 Å². The van der Waals surface area contributed by atoms with E-state index >= 15 is 0 Å². The molecule has 2 N–H and O–H groups in total. The second-order valence-electron chi connectivity index (χ2n) is 5.47.